The largest absolute Gasteiger partial charge is 0.392 e. The average molecular weight is 343 g/mol. The first-order valence-electron chi connectivity index (χ1n) is 10.0. The number of aliphatic hydroxyl groups is 2. The van der Waals surface area contributed by atoms with Gasteiger partial charge in [-0.2, -0.15) is 0 Å². The molecule has 0 aromatic carbocycles. The van der Waals surface area contributed by atoms with Crippen molar-refractivity contribution in [2.24, 2.45) is 17.3 Å². The number of aliphatic hydroxyl groups excluding tert-OH is 2. The van der Waals surface area contributed by atoms with Crippen molar-refractivity contribution in [3.8, 4) is 0 Å². The number of rotatable bonds is 3. The van der Waals surface area contributed by atoms with E-state index in [1.807, 2.05) is 0 Å². The highest BCUT2D eigenvalue weighted by molar-refractivity contribution is 5.35. The molecule has 3 rings (SSSR count). The molecule has 0 saturated heterocycles. The molecule has 2 fully saturated rings. The van der Waals surface area contributed by atoms with E-state index < -0.39 is 6.10 Å². The fourth-order valence-corrected chi connectivity index (χ4v) is 5.43. The summed E-state index contributed by atoms with van der Waals surface area (Å²) in [4.78, 5) is 0. The Hall–Kier alpha value is -1.12. The number of allylic oxidation sites excluding steroid dienone is 5. The van der Waals surface area contributed by atoms with Gasteiger partial charge in [-0.25, -0.2) is 0 Å². The molecule has 2 nitrogen and oxygen atoms in total. The van der Waals surface area contributed by atoms with Crippen LogP contribution in [0.5, 0.6) is 0 Å². The van der Waals surface area contributed by atoms with Gasteiger partial charge in [0, 0.05) is 0 Å². The van der Waals surface area contributed by atoms with Gasteiger partial charge in [0.05, 0.1) is 12.7 Å². The smallest absolute Gasteiger partial charge is 0.0788 e. The van der Waals surface area contributed by atoms with Gasteiger partial charge in [-0.3, -0.25) is 0 Å². The topological polar surface area (TPSA) is 40.5 Å². The van der Waals surface area contributed by atoms with E-state index in [4.69, 9.17) is 5.11 Å². The van der Waals surface area contributed by atoms with Crippen LogP contribution in [0.25, 0.3) is 0 Å². The maximum absolute atomic E-state index is 10.2. The third-order valence-corrected chi connectivity index (χ3v) is 6.74. The Morgan fingerprint density at radius 3 is 2.68 bits per heavy atom. The molecule has 0 spiro atoms. The molecular formula is C23H34O2. The van der Waals surface area contributed by atoms with Gasteiger partial charge in [0.25, 0.3) is 0 Å². The minimum atomic E-state index is -0.414. The van der Waals surface area contributed by atoms with Crippen molar-refractivity contribution in [3.05, 3.63) is 46.6 Å². The summed E-state index contributed by atoms with van der Waals surface area (Å²) in [6, 6.07) is 0. The molecule has 25 heavy (non-hydrogen) atoms. The van der Waals surface area contributed by atoms with Crippen molar-refractivity contribution >= 4 is 0 Å². The lowest BCUT2D eigenvalue weighted by Gasteiger charge is -2.42. The predicted molar refractivity (Wildman–Crippen MR) is 104 cm³/mol. The van der Waals surface area contributed by atoms with Crippen LogP contribution in [0.1, 0.15) is 65.7 Å². The van der Waals surface area contributed by atoms with Crippen LogP contribution in [-0.4, -0.2) is 22.9 Å². The van der Waals surface area contributed by atoms with Gasteiger partial charge in [0.2, 0.25) is 0 Å². The van der Waals surface area contributed by atoms with Crippen LogP contribution in [0.15, 0.2) is 46.6 Å². The van der Waals surface area contributed by atoms with Gasteiger partial charge in [0.1, 0.15) is 0 Å². The summed E-state index contributed by atoms with van der Waals surface area (Å²) >= 11 is 0. The summed E-state index contributed by atoms with van der Waals surface area (Å²) in [5, 5.41) is 19.3. The van der Waals surface area contributed by atoms with Crippen LogP contribution in [-0.2, 0) is 0 Å². The van der Waals surface area contributed by atoms with E-state index in [0.717, 1.165) is 18.4 Å². The molecule has 3 unspecified atom stereocenters. The molecule has 0 aliphatic heterocycles. The Bertz CT molecular complexity index is 620. The van der Waals surface area contributed by atoms with Crippen LogP contribution in [0.2, 0.25) is 0 Å². The molecule has 2 heteroatoms. The molecule has 0 aromatic rings. The fraction of sp³-hybridized carbons (Fsp3) is 0.652. The van der Waals surface area contributed by atoms with Crippen LogP contribution < -0.4 is 0 Å². The van der Waals surface area contributed by atoms with Crippen LogP contribution in [0.3, 0.4) is 0 Å². The Kier molecular flexibility index (Phi) is 5.70. The lowest BCUT2D eigenvalue weighted by atomic mass is 9.62. The molecule has 0 amide bonds. The van der Waals surface area contributed by atoms with Gasteiger partial charge in [-0.15, -0.1) is 0 Å². The molecule has 2 saturated carbocycles. The zero-order valence-electron chi connectivity index (χ0n) is 16.1. The Balaban J connectivity index is 1.74. The van der Waals surface area contributed by atoms with Crippen LogP contribution in [0, 0.1) is 17.3 Å². The van der Waals surface area contributed by atoms with Gasteiger partial charge in [0.15, 0.2) is 0 Å². The first-order valence-corrected chi connectivity index (χ1v) is 10.0. The molecule has 2 N–H and O–H groups in total. The standard InChI is InChI=1S/C23H34O2/c1-16(2)20-10-11-21-18(5-4-13-23(20,21)3)8-6-17-7-9-19(12-14-24)22(25)15-17/h6,8,10,12,16,21-22,24-25H,4-5,7,9,11,13-15H2,1-3H3/b17-6-,18-8+,19-12-. The second kappa shape index (κ2) is 7.63. The van der Waals surface area contributed by atoms with Gasteiger partial charge in [-0.05, 0) is 67.8 Å². The molecule has 0 bridgehead atoms. The first kappa shape index (κ1) is 18.7. The fourth-order valence-electron chi connectivity index (χ4n) is 5.43. The minimum Gasteiger partial charge on any atom is -0.392 e. The molecule has 138 valence electrons. The van der Waals surface area contributed by atoms with Crippen LogP contribution >= 0.6 is 0 Å². The van der Waals surface area contributed by atoms with E-state index in [-0.39, 0.29) is 6.61 Å². The maximum Gasteiger partial charge on any atom is 0.0788 e. The second-order valence-electron chi connectivity index (χ2n) is 8.62. The molecule has 3 aliphatic rings. The molecule has 3 aliphatic carbocycles. The number of hydrogen-bond acceptors (Lipinski definition) is 2. The quantitative estimate of drug-likeness (QED) is 0.701. The van der Waals surface area contributed by atoms with Crippen LogP contribution in [0.4, 0.5) is 0 Å². The van der Waals surface area contributed by atoms with E-state index in [9.17, 15) is 5.11 Å². The van der Waals surface area contributed by atoms with Crippen molar-refractivity contribution in [3.63, 3.8) is 0 Å². The molecule has 0 heterocycles. The summed E-state index contributed by atoms with van der Waals surface area (Å²) in [7, 11) is 0. The highest BCUT2D eigenvalue weighted by atomic mass is 16.3. The van der Waals surface area contributed by atoms with E-state index in [1.165, 1.54) is 31.3 Å². The highest BCUT2D eigenvalue weighted by Crippen LogP contribution is 2.56. The maximum atomic E-state index is 10.2. The van der Waals surface area contributed by atoms with E-state index in [1.54, 1.807) is 17.2 Å². The number of fused-ring (bicyclic) bond motifs is 1. The van der Waals surface area contributed by atoms with Gasteiger partial charge in [-0.1, -0.05) is 61.8 Å². The normalized spacial score (nSPS) is 37.8. The second-order valence-corrected chi connectivity index (χ2v) is 8.62. The highest BCUT2D eigenvalue weighted by Gasteiger charge is 2.45. The monoisotopic (exact) mass is 342 g/mol. The first-order chi connectivity index (χ1) is 12.0. The van der Waals surface area contributed by atoms with E-state index in [0.29, 0.717) is 23.7 Å². The summed E-state index contributed by atoms with van der Waals surface area (Å²) in [6.07, 6.45) is 16.2. The lowest BCUT2D eigenvalue weighted by Crippen LogP contribution is -2.32. The summed E-state index contributed by atoms with van der Waals surface area (Å²) in [5.41, 5.74) is 5.98. The van der Waals surface area contributed by atoms with Gasteiger partial charge >= 0.3 is 0 Å². The summed E-state index contributed by atoms with van der Waals surface area (Å²) < 4.78 is 0. The SMILES string of the molecule is CC(C)C1=CCC2/C(=C/C=C3/CC/C(=C/CO)C(O)C3)CCCC12C. The molecule has 0 aromatic heterocycles. The summed E-state index contributed by atoms with van der Waals surface area (Å²) in [6.45, 7) is 7.18. The summed E-state index contributed by atoms with van der Waals surface area (Å²) in [5.74, 6) is 1.33. The minimum absolute atomic E-state index is 0.0287. The van der Waals surface area contributed by atoms with E-state index >= 15 is 0 Å². The average Bonchev–Trinajstić information content (AvgIpc) is 2.93. The van der Waals surface area contributed by atoms with E-state index in [2.05, 4.69) is 39.0 Å². The Morgan fingerprint density at radius 1 is 1.20 bits per heavy atom. The number of hydrogen-bond donors (Lipinski definition) is 2. The lowest BCUT2D eigenvalue weighted by molar-refractivity contribution is 0.195. The Morgan fingerprint density at radius 2 is 2.00 bits per heavy atom. The van der Waals surface area contributed by atoms with Crippen molar-refractivity contribution < 1.29 is 10.2 Å². The van der Waals surface area contributed by atoms with Gasteiger partial charge < -0.3 is 10.2 Å². The predicted octanol–water partition coefficient (Wildman–Crippen LogP) is 5.10. The third-order valence-electron chi connectivity index (χ3n) is 6.74. The molecule has 0 radical (unpaired) electrons. The molecule has 3 atom stereocenters. The van der Waals surface area contributed by atoms with Crippen molar-refractivity contribution in [2.45, 2.75) is 71.8 Å². The Labute approximate surface area is 153 Å². The van der Waals surface area contributed by atoms with Crippen molar-refractivity contribution in [1.29, 1.82) is 0 Å². The van der Waals surface area contributed by atoms with Crippen molar-refractivity contribution in [1.82, 2.24) is 0 Å². The zero-order valence-corrected chi connectivity index (χ0v) is 16.1. The van der Waals surface area contributed by atoms with Crippen molar-refractivity contribution in [2.75, 3.05) is 6.61 Å². The third kappa shape index (κ3) is 3.71. The molecular weight excluding hydrogens is 308 g/mol. The zero-order chi connectivity index (χ0) is 18.0.